The zero-order chi connectivity index (χ0) is 15.8. The molecule has 0 aliphatic carbocycles. The highest BCUT2D eigenvalue weighted by atomic mass is 127. The molecule has 21 heavy (non-hydrogen) atoms. The van der Waals surface area contributed by atoms with E-state index in [1.54, 1.807) is 19.2 Å². The third-order valence-electron chi connectivity index (χ3n) is 2.81. The van der Waals surface area contributed by atoms with Crippen LogP contribution in [0.1, 0.15) is 16.8 Å². The van der Waals surface area contributed by atoms with Crippen molar-refractivity contribution in [3.05, 3.63) is 27.3 Å². The number of halogens is 1. The van der Waals surface area contributed by atoms with Crippen LogP contribution < -0.4 is 5.73 Å². The minimum Gasteiger partial charge on any atom is -0.507 e. The van der Waals surface area contributed by atoms with E-state index in [1.807, 2.05) is 22.6 Å². The number of benzene rings is 1. The number of methoxy groups -OCH3 is 1. The molecule has 0 bridgehead atoms. The van der Waals surface area contributed by atoms with Gasteiger partial charge in [0.15, 0.2) is 0 Å². The summed E-state index contributed by atoms with van der Waals surface area (Å²) >= 11 is 1.98. The number of hydrogen-bond acceptors (Lipinski definition) is 5. The summed E-state index contributed by atoms with van der Waals surface area (Å²) in [5.74, 6) is -0.134. The first kappa shape index (κ1) is 17.5. The van der Waals surface area contributed by atoms with Crippen molar-refractivity contribution < 1.29 is 19.8 Å². The molecule has 0 fully saturated rings. The van der Waals surface area contributed by atoms with Crippen molar-refractivity contribution >= 4 is 34.3 Å². The number of amidine groups is 1. The number of ether oxygens (including phenoxy) is 1. The predicted molar refractivity (Wildman–Crippen MR) is 86.6 cm³/mol. The van der Waals surface area contributed by atoms with Gasteiger partial charge in [0.2, 0.25) is 0 Å². The van der Waals surface area contributed by atoms with Crippen molar-refractivity contribution in [3.8, 4) is 5.75 Å². The Morgan fingerprint density at radius 3 is 2.76 bits per heavy atom. The largest absolute Gasteiger partial charge is 0.507 e. The maximum atomic E-state index is 12.4. The summed E-state index contributed by atoms with van der Waals surface area (Å²) in [6, 6.07) is 4.74. The van der Waals surface area contributed by atoms with Crippen molar-refractivity contribution in [1.82, 2.24) is 4.90 Å². The van der Waals surface area contributed by atoms with E-state index in [9.17, 15) is 9.90 Å². The number of nitrogens with two attached hydrogens (primary N) is 1. The number of carbonyl (C=O) groups excluding carboxylic acids is 1. The Kier molecular flexibility index (Phi) is 7.23. The molecule has 0 saturated carbocycles. The number of aromatic hydroxyl groups is 1. The van der Waals surface area contributed by atoms with Gasteiger partial charge in [-0.2, -0.15) is 0 Å². The van der Waals surface area contributed by atoms with E-state index in [1.165, 1.54) is 11.0 Å². The zero-order valence-electron chi connectivity index (χ0n) is 11.6. The van der Waals surface area contributed by atoms with E-state index >= 15 is 0 Å². The number of oxime groups is 1. The second-order valence-electron chi connectivity index (χ2n) is 4.29. The standard InChI is InChI=1S/C13H18IN3O4/c1-21-7-6-17(5-4-12(15)16-20)13(19)9-2-3-10(14)11(18)8-9/h2-3,8,18,20H,4-7H2,1H3,(H2,15,16). The Bertz CT molecular complexity index is 522. The molecule has 1 aromatic rings. The summed E-state index contributed by atoms with van der Waals surface area (Å²) < 4.78 is 5.65. The second kappa shape index (κ2) is 8.67. The first-order chi connectivity index (χ1) is 9.99. The molecule has 0 spiro atoms. The molecule has 8 heteroatoms. The van der Waals surface area contributed by atoms with E-state index in [0.29, 0.717) is 28.8 Å². The predicted octanol–water partition coefficient (Wildman–Crippen LogP) is 1.22. The van der Waals surface area contributed by atoms with Crippen LogP contribution in [-0.4, -0.2) is 53.8 Å². The first-order valence-electron chi connectivity index (χ1n) is 6.22. The number of nitrogens with zero attached hydrogens (tertiary/aromatic N) is 2. The number of hydrogen-bond donors (Lipinski definition) is 3. The lowest BCUT2D eigenvalue weighted by Gasteiger charge is -2.22. The van der Waals surface area contributed by atoms with Gasteiger partial charge < -0.3 is 25.7 Å². The van der Waals surface area contributed by atoms with Crippen LogP contribution in [0.3, 0.4) is 0 Å². The van der Waals surface area contributed by atoms with Gasteiger partial charge in [-0.15, -0.1) is 0 Å². The van der Waals surface area contributed by atoms with Crippen molar-refractivity contribution in [3.63, 3.8) is 0 Å². The van der Waals surface area contributed by atoms with Crippen molar-refractivity contribution in [2.45, 2.75) is 6.42 Å². The second-order valence-corrected chi connectivity index (χ2v) is 5.45. The highest BCUT2D eigenvalue weighted by Gasteiger charge is 2.17. The summed E-state index contributed by atoms with van der Waals surface area (Å²) in [7, 11) is 1.54. The summed E-state index contributed by atoms with van der Waals surface area (Å²) in [5, 5.41) is 21.1. The number of phenols is 1. The van der Waals surface area contributed by atoms with Crippen molar-refractivity contribution in [2.24, 2.45) is 10.9 Å². The van der Waals surface area contributed by atoms with E-state index in [-0.39, 0.29) is 23.9 Å². The highest BCUT2D eigenvalue weighted by molar-refractivity contribution is 14.1. The maximum Gasteiger partial charge on any atom is 0.254 e. The fourth-order valence-electron chi connectivity index (χ4n) is 1.64. The molecular formula is C13H18IN3O4. The minimum absolute atomic E-state index is 0.0516. The lowest BCUT2D eigenvalue weighted by atomic mass is 10.2. The Hall–Kier alpha value is -1.55. The minimum atomic E-state index is -0.246. The fourth-order valence-corrected chi connectivity index (χ4v) is 1.98. The van der Waals surface area contributed by atoms with Gasteiger partial charge in [0.25, 0.3) is 5.91 Å². The first-order valence-corrected chi connectivity index (χ1v) is 7.30. The van der Waals surface area contributed by atoms with Crippen LogP contribution >= 0.6 is 22.6 Å². The molecule has 0 aliphatic rings. The summed E-state index contributed by atoms with van der Waals surface area (Å²) in [6.07, 6.45) is 0.252. The Morgan fingerprint density at radius 1 is 1.48 bits per heavy atom. The highest BCUT2D eigenvalue weighted by Crippen LogP contribution is 2.21. The molecule has 0 atom stereocenters. The average molecular weight is 407 g/mol. The van der Waals surface area contributed by atoms with Crippen LogP contribution in [0.5, 0.6) is 5.75 Å². The molecule has 1 aromatic carbocycles. The molecule has 1 amide bonds. The molecule has 116 valence electrons. The molecule has 0 unspecified atom stereocenters. The quantitative estimate of drug-likeness (QED) is 0.207. The van der Waals surface area contributed by atoms with E-state index < -0.39 is 0 Å². The molecule has 7 nitrogen and oxygen atoms in total. The third-order valence-corrected chi connectivity index (χ3v) is 3.72. The molecule has 4 N–H and O–H groups in total. The summed E-state index contributed by atoms with van der Waals surface area (Å²) in [6.45, 7) is 1.05. The summed E-state index contributed by atoms with van der Waals surface area (Å²) in [4.78, 5) is 14.0. The van der Waals surface area contributed by atoms with Crippen LogP contribution in [-0.2, 0) is 4.74 Å². The van der Waals surface area contributed by atoms with E-state index in [2.05, 4.69) is 5.16 Å². The molecule has 0 radical (unpaired) electrons. The van der Waals surface area contributed by atoms with Crippen LogP contribution in [0, 0.1) is 3.57 Å². The number of carbonyl (C=O) groups is 1. The SMILES string of the molecule is COCCN(CC/C(N)=N/O)C(=O)c1ccc(I)c(O)c1. The van der Waals surface area contributed by atoms with Crippen LogP contribution in [0.25, 0.3) is 0 Å². The van der Waals surface area contributed by atoms with Gasteiger partial charge >= 0.3 is 0 Å². The topological polar surface area (TPSA) is 108 Å². The smallest absolute Gasteiger partial charge is 0.254 e. The van der Waals surface area contributed by atoms with Crippen molar-refractivity contribution in [2.75, 3.05) is 26.8 Å². The number of rotatable bonds is 7. The zero-order valence-corrected chi connectivity index (χ0v) is 13.8. The van der Waals surface area contributed by atoms with Gasteiger partial charge in [-0.3, -0.25) is 4.79 Å². The number of phenolic OH excluding ortho intramolecular Hbond substituents is 1. The summed E-state index contributed by atoms with van der Waals surface area (Å²) in [5.41, 5.74) is 5.80. The van der Waals surface area contributed by atoms with Gasteiger partial charge in [0.05, 0.1) is 10.2 Å². The van der Waals surface area contributed by atoms with Gasteiger partial charge in [-0.25, -0.2) is 0 Å². The van der Waals surface area contributed by atoms with Gasteiger partial charge in [-0.05, 0) is 40.8 Å². The monoisotopic (exact) mass is 407 g/mol. The fraction of sp³-hybridized carbons (Fsp3) is 0.385. The molecule has 0 heterocycles. The van der Waals surface area contributed by atoms with E-state index in [0.717, 1.165) is 0 Å². The van der Waals surface area contributed by atoms with Crippen LogP contribution in [0.2, 0.25) is 0 Å². The lowest BCUT2D eigenvalue weighted by Crippen LogP contribution is -2.36. The Balaban J connectivity index is 2.84. The van der Waals surface area contributed by atoms with Crippen molar-refractivity contribution in [1.29, 1.82) is 0 Å². The van der Waals surface area contributed by atoms with Crippen LogP contribution in [0.15, 0.2) is 23.4 Å². The third kappa shape index (κ3) is 5.38. The van der Waals surface area contributed by atoms with E-state index in [4.69, 9.17) is 15.7 Å². The lowest BCUT2D eigenvalue weighted by molar-refractivity contribution is 0.0700. The molecule has 1 rings (SSSR count). The molecule has 0 aromatic heterocycles. The average Bonchev–Trinajstić information content (AvgIpc) is 2.49. The molecule has 0 aliphatic heterocycles. The Labute approximate surface area is 136 Å². The molecular weight excluding hydrogens is 389 g/mol. The maximum absolute atomic E-state index is 12.4. The van der Waals surface area contributed by atoms with Gasteiger partial charge in [0, 0.05) is 32.2 Å². The molecule has 0 saturated heterocycles. The Morgan fingerprint density at radius 2 is 2.19 bits per heavy atom. The van der Waals surface area contributed by atoms with Gasteiger partial charge in [0.1, 0.15) is 11.6 Å². The normalized spacial score (nSPS) is 11.4. The number of amides is 1. The van der Waals surface area contributed by atoms with Gasteiger partial charge in [-0.1, -0.05) is 5.16 Å². The van der Waals surface area contributed by atoms with Crippen LogP contribution in [0.4, 0.5) is 0 Å².